The molecule has 0 radical (unpaired) electrons. The lowest BCUT2D eigenvalue weighted by molar-refractivity contribution is -0.142. The van der Waals surface area contributed by atoms with Crippen LogP contribution in [0.15, 0.2) is 24.3 Å². The van der Waals surface area contributed by atoms with E-state index in [4.69, 9.17) is 9.47 Å². The summed E-state index contributed by atoms with van der Waals surface area (Å²) in [6.07, 6.45) is 9.30. The third kappa shape index (κ3) is 8.45. The van der Waals surface area contributed by atoms with E-state index in [2.05, 4.69) is 27.7 Å². The first-order valence-corrected chi connectivity index (χ1v) is 11.1. The van der Waals surface area contributed by atoms with Gasteiger partial charge in [0.2, 0.25) is 0 Å². The molecule has 0 aliphatic rings. The predicted octanol–water partition coefficient (Wildman–Crippen LogP) is 6.71. The lowest BCUT2D eigenvalue weighted by Crippen LogP contribution is -2.23. The number of ether oxygens (including phenoxy) is 2. The third-order valence-corrected chi connectivity index (χ3v) is 5.02. The molecule has 28 heavy (non-hydrogen) atoms. The quantitative estimate of drug-likeness (QED) is 0.262. The van der Waals surface area contributed by atoms with Crippen molar-refractivity contribution in [2.75, 3.05) is 0 Å². The van der Waals surface area contributed by atoms with Crippen molar-refractivity contribution in [3.8, 4) is 11.5 Å². The van der Waals surface area contributed by atoms with Crippen LogP contribution >= 0.6 is 0 Å². The van der Waals surface area contributed by atoms with E-state index in [0.29, 0.717) is 11.5 Å². The zero-order chi connectivity index (χ0) is 20.8. The minimum absolute atomic E-state index is 0.105. The van der Waals surface area contributed by atoms with E-state index in [1.54, 1.807) is 24.3 Å². The zero-order valence-electron chi connectivity index (χ0n) is 18.2. The van der Waals surface area contributed by atoms with Crippen molar-refractivity contribution in [1.82, 2.24) is 0 Å². The van der Waals surface area contributed by atoms with Crippen LogP contribution in [-0.2, 0) is 9.59 Å². The van der Waals surface area contributed by atoms with Gasteiger partial charge in [0.05, 0.1) is 11.8 Å². The smallest absolute Gasteiger partial charge is 0.314 e. The number of rotatable bonds is 14. The number of para-hydroxylation sites is 2. The van der Waals surface area contributed by atoms with Crippen molar-refractivity contribution in [3.63, 3.8) is 0 Å². The van der Waals surface area contributed by atoms with Crippen LogP contribution in [0.4, 0.5) is 0 Å². The van der Waals surface area contributed by atoms with E-state index in [1.165, 1.54) is 0 Å². The van der Waals surface area contributed by atoms with Gasteiger partial charge in [-0.15, -0.1) is 0 Å². The average molecular weight is 391 g/mol. The largest absolute Gasteiger partial charge is 0.422 e. The second-order valence-corrected chi connectivity index (χ2v) is 7.54. The standard InChI is InChI=1S/C24H38O4/c1-5-9-15-19(13-7-3)23(25)27-21-17-11-12-18-22(21)28-24(26)20(14-8-4)16-10-6-2/h11-12,17-20H,5-10,13-16H2,1-4H3. The Balaban J connectivity index is 2.85. The molecule has 0 saturated carbocycles. The fourth-order valence-corrected chi connectivity index (χ4v) is 3.36. The highest BCUT2D eigenvalue weighted by Crippen LogP contribution is 2.30. The van der Waals surface area contributed by atoms with Gasteiger partial charge in [-0.1, -0.05) is 78.4 Å². The first-order chi connectivity index (χ1) is 13.6. The molecule has 0 aromatic heterocycles. The Labute approximate surface area is 171 Å². The average Bonchev–Trinajstić information content (AvgIpc) is 2.69. The van der Waals surface area contributed by atoms with E-state index in [1.807, 2.05) is 0 Å². The molecule has 1 aromatic carbocycles. The molecule has 0 N–H and O–H groups in total. The van der Waals surface area contributed by atoms with E-state index < -0.39 is 0 Å². The molecule has 0 aliphatic heterocycles. The SMILES string of the molecule is CCCCC(CCC)C(=O)Oc1ccccc1OC(=O)C(CCC)CCCC. The van der Waals surface area contributed by atoms with Crippen molar-refractivity contribution in [3.05, 3.63) is 24.3 Å². The van der Waals surface area contributed by atoms with Crippen LogP contribution in [0.1, 0.15) is 91.9 Å². The molecule has 0 fully saturated rings. The molecule has 0 amide bonds. The summed E-state index contributed by atoms with van der Waals surface area (Å²) < 4.78 is 11.3. The van der Waals surface area contributed by atoms with Gasteiger partial charge >= 0.3 is 11.9 Å². The number of carbonyl (C=O) groups excluding carboxylic acids is 2. The van der Waals surface area contributed by atoms with Gasteiger partial charge < -0.3 is 9.47 Å². The van der Waals surface area contributed by atoms with Crippen molar-refractivity contribution in [2.45, 2.75) is 91.9 Å². The lowest BCUT2D eigenvalue weighted by Gasteiger charge is -2.18. The molecule has 4 nitrogen and oxygen atoms in total. The fourth-order valence-electron chi connectivity index (χ4n) is 3.36. The molecule has 0 heterocycles. The van der Waals surface area contributed by atoms with Crippen LogP contribution in [0.3, 0.4) is 0 Å². The van der Waals surface area contributed by atoms with Crippen molar-refractivity contribution in [2.24, 2.45) is 11.8 Å². The third-order valence-electron chi connectivity index (χ3n) is 5.02. The van der Waals surface area contributed by atoms with E-state index in [-0.39, 0.29) is 23.8 Å². The second kappa shape index (κ2) is 14.2. The Morgan fingerprint density at radius 1 is 0.679 bits per heavy atom. The van der Waals surface area contributed by atoms with Crippen LogP contribution in [-0.4, -0.2) is 11.9 Å². The summed E-state index contributed by atoms with van der Waals surface area (Å²) in [6.45, 7) is 8.39. The summed E-state index contributed by atoms with van der Waals surface area (Å²) in [4.78, 5) is 25.3. The van der Waals surface area contributed by atoms with Crippen molar-refractivity contribution >= 4 is 11.9 Å². The van der Waals surface area contributed by atoms with Crippen LogP contribution in [0, 0.1) is 11.8 Å². The van der Waals surface area contributed by atoms with Gasteiger partial charge in [-0.3, -0.25) is 9.59 Å². The second-order valence-electron chi connectivity index (χ2n) is 7.54. The summed E-state index contributed by atoms with van der Waals surface area (Å²) in [6, 6.07) is 6.98. The fraction of sp³-hybridized carbons (Fsp3) is 0.667. The predicted molar refractivity (Wildman–Crippen MR) is 114 cm³/mol. The summed E-state index contributed by atoms with van der Waals surface area (Å²) in [5.41, 5.74) is 0. The topological polar surface area (TPSA) is 52.6 Å². The van der Waals surface area contributed by atoms with Gasteiger partial charge in [0.25, 0.3) is 0 Å². The van der Waals surface area contributed by atoms with Crippen LogP contribution in [0.25, 0.3) is 0 Å². The van der Waals surface area contributed by atoms with Gasteiger partial charge in [0, 0.05) is 0 Å². The Hall–Kier alpha value is -1.84. The normalized spacial score (nSPS) is 13.0. The maximum Gasteiger partial charge on any atom is 0.314 e. The molecule has 2 atom stereocenters. The molecule has 0 spiro atoms. The van der Waals surface area contributed by atoms with Gasteiger partial charge in [-0.2, -0.15) is 0 Å². The minimum Gasteiger partial charge on any atom is -0.422 e. The van der Waals surface area contributed by atoms with Crippen LogP contribution in [0.5, 0.6) is 11.5 Å². The minimum atomic E-state index is -0.227. The Bertz CT molecular complexity index is 531. The molecular weight excluding hydrogens is 352 g/mol. The monoisotopic (exact) mass is 390 g/mol. The Morgan fingerprint density at radius 2 is 1.07 bits per heavy atom. The van der Waals surface area contributed by atoms with Gasteiger partial charge in [0.1, 0.15) is 0 Å². The number of hydrogen-bond donors (Lipinski definition) is 0. The number of hydrogen-bond acceptors (Lipinski definition) is 4. The Morgan fingerprint density at radius 3 is 1.39 bits per heavy atom. The molecule has 158 valence electrons. The summed E-state index contributed by atoms with van der Waals surface area (Å²) in [7, 11) is 0. The first-order valence-electron chi connectivity index (χ1n) is 11.1. The molecule has 4 heteroatoms. The maximum atomic E-state index is 12.7. The van der Waals surface area contributed by atoms with Gasteiger partial charge in [-0.25, -0.2) is 0 Å². The van der Waals surface area contributed by atoms with Crippen LogP contribution < -0.4 is 9.47 Å². The lowest BCUT2D eigenvalue weighted by atomic mass is 9.97. The van der Waals surface area contributed by atoms with Gasteiger partial charge in [0.15, 0.2) is 11.5 Å². The molecule has 0 saturated heterocycles. The van der Waals surface area contributed by atoms with E-state index in [9.17, 15) is 9.59 Å². The highest BCUT2D eigenvalue weighted by Gasteiger charge is 2.23. The maximum absolute atomic E-state index is 12.7. The number of esters is 2. The van der Waals surface area contributed by atoms with Crippen molar-refractivity contribution < 1.29 is 19.1 Å². The zero-order valence-corrected chi connectivity index (χ0v) is 18.2. The van der Waals surface area contributed by atoms with Gasteiger partial charge in [-0.05, 0) is 37.8 Å². The van der Waals surface area contributed by atoms with E-state index in [0.717, 1.165) is 64.2 Å². The number of carbonyl (C=O) groups is 2. The highest BCUT2D eigenvalue weighted by atomic mass is 16.6. The van der Waals surface area contributed by atoms with Crippen molar-refractivity contribution in [1.29, 1.82) is 0 Å². The molecule has 0 bridgehead atoms. The first kappa shape index (κ1) is 24.2. The molecular formula is C24H38O4. The number of unbranched alkanes of at least 4 members (excludes halogenated alkanes) is 2. The van der Waals surface area contributed by atoms with E-state index >= 15 is 0 Å². The molecule has 0 aliphatic carbocycles. The molecule has 2 unspecified atom stereocenters. The highest BCUT2D eigenvalue weighted by molar-refractivity contribution is 5.78. The summed E-state index contributed by atoms with van der Waals surface area (Å²) >= 11 is 0. The summed E-state index contributed by atoms with van der Waals surface area (Å²) in [5.74, 6) is 0.00960. The number of benzene rings is 1. The van der Waals surface area contributed by atoms with Crippen LogP contribution in [0.2, 0.25) is 0 Å². The Kier molecular flexibility index (Phi) is 12.3. The molecule has 1 aromatic rings. The summed E-state index contributed by atoms with van der Waals surface area (Å²) in [5, 5.41) is 0. The molecule has 1 rings (SSSR count).